The molecule has 1 aromatic heterocycles. The summed E-state index contributed by atoms with van der Waals surface area (Å²) in [5, 5.41) is 4.60. The van der Waals surface area contributed by atoms with Crippen molar-refractivity contribution in [1.82, 2.24) is 9.78 Å². The minimum Gasteiger partial charge on any atom is -0.397 e. The van der Waals surface area contributed by atoms with Gasteiger partial charge < -0.3 is 5.73 Å². The maximum absolute atomic E-state index is 11.7. The van der Waals surface area contributed by atoms with Crippen LogP contribution >= 0.6 is 11.6 Å². The van der Waals surface area contributed by atoms with Crippen LogP contribution in [0.3, 0.4) is 0 Å². The van der Waals surface area contributed by atoms with E-state index in [9.17, 15) is 4.79 Å². The lowest BCUT2D eigenvalue weighted by atomic mass is 10.2. The summed E-state index contributed by atoms with van der Waals surface area (Å²) >= 11 is 5.84. The molecule has 4 nitrogen and oxygen atoms in total. The summed E-state index contributed by atoms with van der Waals surface area (Å²) < 4.78 is 1.29. The molecule has 2 N–H and O–H groups in total. The summed E-state index contributed by atoms with van der Waals surface area (Å²) in [6, 6.07) is 6.58. The van der Waals surface area contributed by atoms with E-state index < -0.39 is 0 Å². The van der Waals surface area contributed by atoms with Crippen molar-refractivity contribution in [3.63, 3.8) is 0 Å². The van der Waals surface area contributed by atoms with Crippen molar-refractivity contribution in [2.24, 2.45) is 0 Å². The molecule has 1 aromatic carbocycles. The van der Waals surface area contributed by atoms with E-state index in [2.05, 4.69) is 5.10 Å². The molecule has 0 atom stereocenters. The molecule has 0 aliphatic heterocycles. The van der Waals surface area contributed by atoms with Crippen molar-refractivity contribution in [2.75, 3.05) is 5.73 Å². The minimum atomic E-state index is -0.259. The molecule has 0 saturated heterocycles. The maximum Gasteiger partial charge on any atom is 0.273 e. The molecule has 2 rings (SSSR count). The number of hydrogen-bond donors (Lipinski definition) is 1. The number of aromatic nitrogens is 2. The Bertz CT molecular complexity index is 592. The number of anilines is 1. The SMILES string of the molecule is Cc1cc(Cl)ccc1-n1ncc(N)cc1=O. The van der Waals surface area contributed by atoms with E-state index in [1.165, 1.54) is 16.9 Å². The molecule has 1 heterocycles. The Balaban J connectivity index is 2.63. The van der Waals surface area contributed by atoms with Crippen LogP contribution < -0.4 is 11.3 Å². The maximum atomic E-state index is 11.7. The second-order valence-electron chi connectivity index (χ2n) is 3.47. The summed E-state index contributed by atoms with van der Waals surface area (Å²) in [5.41, 5.74) is 7.15. The highest BCUT2D eigenvalue weighted by molar-refractivity contribution is 6.30. The van der Waals surface area contributed by atoms with E-state index in [4.69, 9.17) is 17.3 Å². The largest absolute Gasteiger partial charge is 0.397 e. The molecule has 0 amide bonds. The lowest BCUT2D eigenvalue weighted by molar-refractivity contribution is 0.803. The molecule has 0 aliphatic carbocycles. The van der Waals surface area contributed by atoms with E-state index in [1.807, 2.05) is 6.92 Å². The highest BCUT2D eigenvalue weighted by Gasteiger charge is 2.05. The van der Waals surface area contributed by atoms with Gasteiger partial charge in [0.25, 0.3) is 5.56 Å². The number of rotatable bonds is 1. The number of aryl methyl sites for hydroxylation is 1. The van der Waals surface area contributed by atoms with E-state index in [-0.39, 0.29) is 5.56 Å². The van der Waals surface area contributed by atoms with Gasteiger partial charge in [-0.25, -0.2) is 0 Å². The number of halogens is 1. The summed E-state index contributed by atoms with van der Waals surface area (Å²) in [6.07, 6.45) is 1.44. The highest BCUT2D eigenvalue weighted by Crippen LogP contribution is 2.17. The Hall–Kier alpha value is -1.81. The molecule has 0 bridgehead atoms. The van der Waals surface area contributed by atoms with Gasteiger partial charge in [-0.3, -0.25) is 4.79 Å². The van der Waals surface area contributed by atoms with Crippen LogP contribution in [0.5, 0.6) is 0 Å². The van der Waals surface area contributed by atoms with Crippen LogP contribution in [-0.2, 0) is 0 Å². The fourth-order valence-corrected chi connectivity index (χ4v) is 1.69. The van der Waals surface area contributed by atoms with Crippen molar-refractivity contribution in [1.29, 1.82) is 0 Å². The predicted molar refractivity (Wildman–Crippen MR) is 64.0 cm³/mol. The van der Waals surface area contributed by atoms with Gasteiger partial charge >= 0.3 is 0 Å². The van der Waals surface area contributed by atoms with Crippen LogP contribution in [0.2, 0.25) is 5.02 Å². The molecular weight excluding hydrogens is 226 g/mol. The Labute approximate surface area is 97.3 Å². The zero-order valence-corrected chi connectivity index (χ0v) is 9.40. The monoisotopic (exact) mass is 235 g/mol. The average molecular weight is 236 g/mol. The van der Waals surface area contributed by atoms with Crippen molar-refractivity contribution in [3.05, 3.63) is 51.4 Å². The summed E-state index contributed by atoms with van der Waals surface area (Å²) in [5.74, 6) is 0. The Morgan fingerprint density at radius 3 is 2.75 bits per heavy atom. The fraction of sp³-hybridized carbons (Fsp3) is 0.0909. The van der Waals surface area contributed by atoms with Crippen molar-refractivity contribution in [2.45, 2.75) is 6.92 Å². The van der Waals surface area contributed by atoms with Crippen LogP contribution in [-0.4, -0.2) is 9.78 Å². The third-order valence-corrected chi connectivity index (χ3v) is 2.44. The van der Waals surface area contributed by atoms with Gasteiger partial charge in [-0.15, -0.1) is 0 Å². The second-order valence-corrected chi connectivity index (χ2v) is 3.91. The van der Waals surface area contributed by atoms with Gasteiger partial charge in [0.05, 0.1) is 17.6 Å². The molecule has 0 saturated carbocycles. The van der Waals surface area contributed by atoms with Gasteiger partial charge in [0.15, 0.2) is 0 Å². The van der Waals surface area contributed by atoms with Gasteiger partial charge in [0.1, 0.15) is 0 Å². The van der Waals surface area contributed by atoms with Crippen LogP contribution in [0, 0.1) is 6.92 Å². The summed E-state index contributed by atoms with van der Waals surface area (Å²) in [6.45, 7) is 1.87. The molecule has 82 valence electrons. The summed E-state index contributed by atoms with van der Waals surface area (Å²) in [4.78, 5) is 11.7. The Morgan fingerprint density at radius 2 is 2.12 bits per heavy atom. The van der Waals surface area contributed by atoms with Crippen LogP contribution in [0.4, 0.5) is 5.69 Å². The number of nitrogen functional groups attached to an aromatic ring is 1. The Morgan fingerprint density at radius 1 is 1.38 bits per heavy atom. The van der Waals surface area contributed by atoms with Crippen molar-refractivity contribution < 1.29 is 0 Å². The van der Waals surface area contributed by atoms with Gasteiger partial charge in [-0.05, 0) is 30.7 Å². The van der Waals surface area contributed by atoms with Crippen LogP contribution in [0.15, 0.2) is 35.3 Å². The molecule has 16 heavy (non-hydrogen) atoms. The number of nitrogens with zero attached hydrogens (tertiary/aromatic N) is 2. The molecule has 0 fully saturated rings. The first kappa shape index (κ1) is 10.7. The molecular formula is C11H10ClN3O. The standard InChI is InChI=1S/C11H10ClN3O/c1-7-4-8(12)2-3-10(7)15-11(16)5-9(13)6-14-15/h2-6H,13H2,1H3. The molecule has 0 radical (unpaired) electrons. The summed E-state index contributed by atoms with van der Waals surface area (Å²) in [7, 11) is 0. The van der Waals surface area contributed by atoms with Gasteiger partial charge in [-0.1, -0.05) is 11.6 Å². The average Bonchev–Trinajstić information content (AvgIpc) is 2.19. The molecule has 0 aliphatic rings. The van der Waals surface area contributed by atoms with Gasteiger partial charge in [-0.2, -0.15) is 9.78 Å². The number of benzene rings is 1. The smallest absolute Gasteiger partial charge is 0.273 e. The van der Waals surface area contributed by atoms with Crippen LogP contribution in [0.1, 0.15) is 5.56 Å². The number of hydrogen-bond acceptors (Lipinski definition) is 3. The first-order valence-electron chi connectivity index (χ1n) is 4.69. The van der Waals surface area contributed by atoms with Crippen molar-refractivity contribution >= 4 is 17.3 Å². The Kier molecular flexibility index (Phi) is 2.66. The zero-order valence-electron chi connectivity index (χ0n) is 8.64. The van der Waals surface area contributed by atoms with E-state index >= 15 is 0 Å². The van der Waals surface area contributed by atoms with Crippen LogP contribution in [0.25, 0.3) is 5.69 Å². The number of nitrogens with two attached hydrogens (primary N) is 1. The third kappa shape index (κ3) is 1.92. The van der Waals surface area contributed by atoms with Crippen molar-refractivity contribution in [3.8, 4) is 5.69 Å². The van der Waals surface area contributed by atoms with E-state index in [0.717, 1.165) is 5.56 Å². The lowest BCUT2D eigenvalue weighted by Crippen LogP contribution is -2.21. The molecule has 2 aromatic rings. The van der Waals surface area contributed by atoms with E-state index in [0.29, 0.717) is 16.4 Å². The first-order valence-corrected chi connectivity index (χ1v) is 5.07. The molecule has 5 heteroatoms. The molecule has 0 spiro atoms. The quantitative estimate of drug-likeness (QED) is 0.820. The highest BCUT2D eigenvalue weighted by atomic mass is 35.5. The topological polar surface area (TPSA) is 60.9 Å². The first-order chi connectivity index (χ1) is 7.58. The van der Waals surface area contributed by atoms with E-state index in [1.54, 1.807) is 18.2 Å². The second kappa shape index (κ2) is 3.98. The zero-order chi connectivity index (χ0) is 11.7. The van der Waals surface area contributed by atoms with Gasteiger partial charge in [0, 0.05) is 11.1 Å². The fourth-order valence-electron chi connectivity index (χ4n) is 1.46. The normalized spacial score (nSPS) is 10.4. The van der Waals surface area contributed by atoms with Gasteiger partial charge in [0.2, 0.25) is 0 Å². The molecule has 0 unspecified atom stereocenters. The lowest BCUT2D eigenvalue weighted by Gasteiger charge is -2.07. The minimum absolute atomic E-state index is 0.259. The third-order valence-electron chi connectivity index (χ3n) is 2.21. The predicted octanol–water partition coefficient (Wildman–Crippen LogP) is 1.78.